The predicted octanol–water partition coefficient (Wildman–Crippen LogP) is 1.10. The first-order valence-corrected chi connectivity index (χ1v) is 6.07. The maximum atomic E-state index is 9.18. The van der Waals surface area contributed by atoms with E-state index in [2.05, 4.69) is 4.90 Å². The summed E-state index contributed by atoms with van der Waals surface area (Å²) in [5.41, 5.74) is 7.67. The molecule has 0 bridgehead atoms. The second-order valence-electron chi connectivity index (χ2n) is 4.55. The average molecular weight is 252 g/mol. The first-order chi connectivity index (χ1) is 8.69. The Labute approximate surface area is 107 Å². The SMILES string of the molecule is COc1cc(N)c(N2CCC(CO)C2)cc1OC. The Kier molecular flexibility index (Phi) is 3.81. The Morgan fingerprint density at radius 2 is 2.00 bits per heavy atom. The van der Waals surface area contributed by atoms with E-state index < -0.39 is 0 Å². The van der Waals surface area contributed by atoms with Gasteiger partial charge in [0, 0.05) is 37.7 Å². The van der Waals surface area contributed by atoms with Crippen molar-refractivity contribution in [3.63, 3.8) is 0 Å². The molecule has 1 unspecified atom stereocenters. The highest BCUT2D eigenvalue weighted by Gasteiger charge is 2.24. The molecule has 0 saturated carbocycles. The molecular weight excluding hydrogens is 232 g/mol. The molecule has 100 valence electrons. The van der Waals surface area contributed by atoms with E-state index in [-0.39, 0.29) is 6.61 Å². The smallest absolute Gasteiger partial charge is 0.162 e. The topological polar surface area (TPSA) is 68.0 Å². The summed E-state index contributed by atoms with van der Waals surface area (Å²) in [7, 11) is 3.20. The predicted molar refractivity (Wildman–Crippen MR) is 71.4 cm³/mol. The van der Waals surface area contributed by atoms with Crippen molar-refractivity contribution in [1.82, 2.24) is 0 Å². The van der Waals surface area contributed by atoms with E-state index in [1.54, 1.807) is 20.3 Å². The lowest BCUT2D eigenvalue weighted by Gasteiger charge is -2.22. The molecule has 2 rings (SSSR count). The van der Waals surface area contributed by atoms with Crippen LogP contribution in [0.15, 0.2) is 12.1 Å². The van der Waals surface area contributed by atoms with Crippen LogP contribution >= 0.6 is 0 Å². The third-order valence-corrected chi connectivity index (χ3v) is 3.42. The number of aliphatic hydroxyl groups is 1. The third-order valence-electron chi connectivity index (χ3n) is 3.42. The van der Waals surface area contributed by atoms with Gasteiger partial charge in [0.1, 0.15) is 0 Å². The highest BCUT2D eigenvalue weighted by molar-refractivity contribution is 5.73. The van der Waals surface area contributed by atoms with Crippen LogP contribution in [0.25, 0.3) is 0 Å². The zero-order valence-electron chi connectivity index (χ0n) is 10.8. The van der Waals surface area contributed by atoms with Crippen molar-refractivity contribution in [2.75, 3.05) is 44.5 Å². The molecule has 1 aliphatic rings. The number of ether oxygens (including phenoxy) is 2. The molecule has 0 radical (unpaired) electrons. The van der Waals surface area contributed by atoms with Crippen LogP contribution in [0.4, 0.5) is 11.4 Å². The third kappa shape index (κ3) is 2.31. The van der Waals surface area contributed by atoms with Gasteiger partial charge in [-0.1, -0.05) is 0 Å². The molecule has 1 heterocycles. The normalized spacial score (nSPS) is 19.1. The lowest BCUT2D eigenvalue weighted by molar-refractivity contribution is 0.238. The summed E-state index contributed by atoms with van der Waals surface area (Å²) < 4.78 is 10.5. The van der Waals surface area contributed by atoms with Crippen LogP contribution in [-0.2, 0) is 0 Å². The Bertz CT molecular complexity index is 423. The number of rotatable bonds is 4. The van der Waals surface area contributed by atoms with Gasteiger partial charge in [0.05, 0.1) is 25.6 Å². The summed E-state index contributed by atoms with van der Waals surface area (Å²) in [6, 6.07) is 3.67. The van der Waals surface area contributed by atoms with Crippen LogP contribution in [0.3, 0.4) is 0 Å². The molecule has 5 heteroatoms. The zero-order valence-corrected chi connectivity index (χ0v) is 10.8. The molecule has 0 amide bonds. The summed E-state index contributed by atoms with van der Waals surface area (Å²) >= 11 is 0. The van der Waals surface area contributed by atoms with E-state index in [0.29, 0.717) is 23.1 Å². The highest BCUT2D eigenvalue weighted by atomic mass is 16.5. The maximum absolute atomic E-state index is 9.18. The summed E-state index contributed by atoms with van der Waals surface area (Å²) in [6.45, 7) is 1.96. The molecule has 1 atom stereocenters. The van der Waals surface area contributed by atoms with Crippen LogP contribution < -0.4 is 20.1 Å². The van der Waals surface area contributed by atoms with Crippen molar-refractivity contribution >= 4 is 11.4 Å². The monoisotopic (exact) mass is 252 g/mol. The van der Waals surface area contributed by atoms with Crippen molar-refractivity contribution in [3.05, 3.63) is 12.1 Å². The molecule has 1 fully saturated rings. The number of nitrogen functional groups attached to an aromatic ring is 1. The van der Waals surface area contributed by atoms with E-state index in [1.165, 1.54) is 0 Å². The first kappa shape index (κ1) is 12.8. The van der Waals surface area contributed by atoms with Gasteiger partial charge in [-0.15, -0.1) is 0 Å². The number of benzene rings is 1. The van der Waals surface area contributed by atoms with E-state index in [1.807, 2.05) is 6.07 Å². The van der Waals surface area contributed by atoms with Gasteiger partial charge in [-0.05, 0) is 6.42 Å². The quantitative estimate of drug-likeness (QED) is 0.786. The number of nitrogens with zero attached hydrogens (tertiary/aromatic N) is 1. The first-order valence-electron chi connectivity index (χ1n) is 6.07. The van der Waals surface area contributed by atoms with Crippen LogP contribution in [0.5, 0.6) is 11.5 Å². The van der Waals surface area contributed by atoms with Gasteiger partial charge in [0.25, 0.3) is 0 Å². The van der Waals surface area contributed by atoms with Crippen LogP contribution in [-0.4, -0.2) is 39.0 Å². The van der Waals surface area contributed by atoms with Crippen molar-refractivity contribution in [2.24, 2.45) is 5.92 Å². The Hall–Kier alpha value is -1.62. The summed E-state index contributed by atoms with van der Waals surface area (Å²) in [4.78, 5) is 2.18. The van der Waals surface area contributed by atoms with Gasteiger partial charge < -0.3 is 25.2 Å². The number of anilines is 2. The number of nitrogens with two attached hydrogens (primary N) is 1. The van der Waals surface area contributed by atoms with E-state index in [4.69, 9.17) is 15.2 Å². The fourth-order valence-corrected chi connectivity index (χ4v) is 2.36. The highest BCUT2D eigenvalue weighted by Crippen LogP contribution is 2.38. The van der Waals surface area contributed by atoms with E-state index in [9.17, 15) is 5.11 Å². The zero-order chi connectivity index (χ0) is 13.1. The molecule has 18 heavy (non-hydrogen) atoms. The fourth-order valence-electron chi connectivity index (χ4n) is 2.36. The standard InChI is InChI=1S/C13H20N2O3/c1-17-12-5-10(14)11(6-13(12)18-2)15-4-3-9(7-15)8-16/h5-6,9,16H,3-4,7-8,14H2,1-2H3. The molecular formula is C13H20N2O3. The molecule has 3 N–H and O–H groups in total. The molecule has 1 saturated heterocycles. The number of hydrogen-bond donors (Lipinski definition) is 2. The van der Waals surface area contributed by atoms with Crippen molar-refractivity contribution in [1.29, 1.82) is 0 Å². The summed E-state index contributed by atoms with van der Waals surface area (Å²) in [5, 5.41) is 9.18. The second kappa shape index (κ2) is 5.35. The molecule has 0 aromatic heterocycles. The summed E-state index contributed by atoms with van der Waals surface area (Å²) in [6.07, 6.45) is 0.990. The van der Waals surface area contributed by atoms with Gasteiger partial charge in [0.2, 0.25) is 0 Å². The fraction of sp³-hybridized carbons (Fsp3) is 0.538. The minimum Gasteiger partial charge on any atom is -0.493 e. The van der Waals surface area contributed by atoms with Gasteiger partial charge >= 0.3 is 0 Å². The van der Waals surface area contributed by atoms with Crippen LogP contribution in [0, 0.1) is 5.92 Å². The largest absolute Gasteiger partial charge is 0.493 e. The van der Waals surface area contributed by atoms with Gasteiger partial charge in [-0.25, -0.2) is 0 Å². The van der Waals surface area contributed by atoms with Crippen molar-refractivity contribution < 1.29 is 14.6 Å². The Morgan fingerprint density at radius 1 is 1.33 bits per heavy atom. The van der Waals surface area contributed by atoms with Gasteiger partial charge in [-0.3, -0.25) is 0 Å². The molecule has 0 aliphatic carbocycles. The average Bonchev–Trinajstić information content (AvgIpc) is 2.86. The Balaban J connectivity index is 2.28. The van der Waals surface area contributed by atoms with Gasteiger partial charge in [-0.2, -0.15) is 0 Å². The summed E-state index contributed by atoms with van der Waals surface area (Å²) in [5.74, 6) is 1.64. The number of methoxy groups -OCH3 is 2. The van der Waals surface area contributed by atoms with Crippen LogP contribution in [0.2, 0.25) is 0 Å². The molecule has 5 nitrogen and oxygen atoms in total. The molecule has 0 spiro atoms. The van der Waals surface area contributed by atoms with E-state index in [0.717, 1.165) is 25.2 Å². The lowest BCUT2D eigenvalue weighted by atomic mass is 10.1. The number of hydrogen-bond acceptors (Lipinski definition) is 5. The van der Waals surface area contributed by atoms with Crippen molar-refractivity contribution in [2.45, 2.75) is 6.42 Å². The van der Waals surface area contributed by atoms with Crippen molar-refractivity contribution in [3.8, 4) is 11.5 Å². The lowest BCUT2D eigenvalue weighted by Crippen LogP contribution is -2.21. The van der Waals surface area contributed by atoms with E-state index >= 15 is 0 Å². The molecule has 1 aromatic rings. The minimum atomic E-state index is 0.226. The van der Waals surface area contributed by atoms with Gasteiger partial charge in [0.15, 0.2) is 11.5 Å². The Morgan fingerprint density at radius 3 is 2.56 bits per heavy atom. The second-order valence-corrected chi connectivity index (χ2v) is 4.55. The maximum Gasteiger partial charge on any atom is 0.162 e. The minimum absolute atomic E-state index is 0.226. The molecule has 1 aromatic carbocycles. The van der Waals surface area contributed by atoms with Crippen LogP contribution in [0.1, 0.15) is 6.42 Å². The molecule has 1 aliphatic heterocycles. The number of aliphatic hydroxyl groups excluding tert-OH is 1.